The molecule has 8 nitrogen and oxygen atoms in total. The summed E-state index contributed by atoms with van der Waals surface area (Å²) in [6, 6.07) is 27.0. The van der Waals surface area contributed by atoms with Crippen molar-refractivity contribution in [2.75, 3.05) is 24.9 Å². The zero-order valence-corrected chi connectivity index (χ0v) is 26.8. The van der Waals surface area contributed by atoms with Gasteiger partial charge in [-0.25, -0.2) is 0 Å². The van der Waals surface area contributed by atoms with E-state index in [1.807, 2.05) is 44.2 Å². The highest BCUT2D eigenvalue weighted by molar-refractivity contribution is 8.00. The van der Waals surface area contributed by atoms with Crippen LogP contribution in [0.25, 0.3) is 6.08 Å². The predicted molar refractivity (Wildman–Crippen MR) is 181 cm³/mol. The lowest BCUT2D eigenvalue weighted by atomic mass is 10.1. The number of hydrogen-bond acceptors (Lipinski definition) is 6. The van der Waals surface area contributed by atoms with Gasteiger partial charge in [0.15, 0.2) is 0 Å². The van der Waals surface area contributed by atoms with Crippen LogP contribution in [0, 0.1) is 6.92 Å². The third-order valence-electron chi connectivity index (χ3n) is 7.03. The second-order valence-corrected chi connectivity index (χ2v) is 11.6. The number of methoxy groups -OCH3 is 2. The minimum absolute atomic E-state index is 0.00571. The Bertz CT molecular complexity index is 1700. The molecule has 3 amide bonds. The van der Waals surface area contributed by atoms with Crippen LogP contribution in [0.5, 0.6) is 11.5 Å². The van der Waals surface area contributed by atoms with Crippen molar-refractivity contribution >= 4 is 46.9 Å². The lowest BCUT2D eigenvalue weighted by Crippen LogP contribution is -2.30. The first-order valence-electron chi connectivity index (χ1n) is 14.5. The number of carbonyl (C=O) groups excluding carboxylic acids is 3. The summed E-state index contributed by atoms with van der Waals surface area (Å²) in [7, 11) is 3.07. The van der Waals surface area contributed by atoms with Gasteiger partial charge in [-0.3, -0.25) is 14.4 Å². The van der Waals surface area contributed by atoms with E-state index in [2.05, 4.69) is 22.9 Å². The molecule has 0 bridgehead atoms. The lowest BCUT2D eigenvalue weighted by molar-refractivity contribution is -0.115. The normalized spacial score (nSPS) is 11.7. The van der Waals surface area contributed by atoms with Gasteiger partial charge in [-0.2, -0.15) is 0 Å². The Labute approximate surface area is 268 Å². The monoisotopic (exact) mass is 623 g/mol. The van der Waals surface area contributed by atoms with Crippen LogP contribution < -0.4 is 25.4 Å². The highest BCUT2D eigenvalue weighted by Gasteiger charge is 2.19. The SMILES string of the molecule is CCc1cccc(C)c1NC(=O)C(C)Sc1cccc(NC(=O)/C(=C\c2cc(OC)ccc2OC)NC(=O)c2ccccc2)c1. The molecule has 4 aromatic rings. The van der Waals surface area contributed by atoms with Crippen LogP contribution >= 0.6 is 11.8 Å². The summed E-state index contributed by atoms with van der Waals surface area (Å²) in [6.45, 7) is 5.88. The lowest BCUT2D eigenvalue weighted by Gasteiger charge is -2.17. The number of para-hydroxylation sites is 1. The number of anilines is 2. The van der Waals surface area contributed by atoms with Crippen molar-refractivity contribution in [2.45, 2.75) is 37.3 Å². The molecule has 3 N–H and O–H groups in total. The standard InChI is InChI=1S/C36H37N3O5S/c1-6-25-15-10-12-23(2)33(25)39-34(40)24(3)45-30-17-11-16-28(22-30)37-36(42)31(38-35(41)26-13-8-7-9-14-26)21-27-20-29(43-4)18-19-32(27)44-5/h7-22,24H,6H2,1-5H3,(H,37,42)(H,38,41)(H,39,40)/b31-21+. The third-order valence-corrected chi connectivity index (χ3v) is 8.12. The number of amides is 3. The van der Waals surface area contributed by atoms with Gasteiger partial charge in [-0.05, 0) is 86.0 Å². The van der Waals surface area contributed by atoms with Gasteiger partial charge < -0.3 is 25.4 Å². The quantitative estimate of drug-likeness (QED) is 0.115. The van der Waals surface area contributed by atoms with Gasteiger partial charge in [-0.15, -0.1) is 11.8 Å². The molecule has 0 aromatic heterocycles. The second-order valence-electron chi connectivity index (χ2n) is 10.2. The Balaban J connectivity index is 1.54. The van der Waals surface area contributed by atoms with Gasteiger partial charge in [0.2, 0.25) is 5.91 Å². The number of hydrogen-bond donors (Lipinski definition) is 3. The summed E-state index contributed by atoms with van der Waals surface area (Å²) in [5.74, 6) is -0.0314. The number of carbonyl (C=O) groups is 3. The van der Waals surface area contributed by atoms with Gasteiger partial charge >= 0.3 is 0 Å². The van der Waals surface area contributed by atoms with Crippen LogP contribution in [0.4, 0.5) is 11.4 Å². The molecule has 9 heteroatoms. The Morgan fingerprint density at radius 2 is 1.62 bits per heavy atom. The predicted octanol–water partition coefficient (Wildman–Crippen LogP) is 7.10. The smallest absolute Gasteiger partial charge is 0.272 e. The van der Waals surface area contributed by atoms with Crippen LogP contribution in [-0.2, 0) is 16.0 Å². The van der Waals surface area contributed by atoms with Crippen LogP contribution in [0.2, 0.25) is 0 Å². The van der Waals surface area contributed by atoms with E-state index >= 15 is 0 Å². The van der Waals surface area contributed by atoms with Gasteiger partial charge in [0.25, 0.3) is 11.8 Å². The van der Waals surface area contributed by atoms with E-state index in [-0.39, 0.29) is 11.6 Å². The average molecular weight is 624 g/mol. The van der Waals surface area contributed by atoms with Crippen molar-refractivity contribution in [1.29, 1.82) is 0 Å². The first kappa shape index (κ1) is 32.9. The number of rotatable bonds is 12. The maximum Gasteiger partial charge on any atom is 0.272 e. The number of aryl methyl sites for hydroxylation is 2. The molecule has 0 radical (unpaired) electrons. The van der Waals surface area contributed by atoms with E-state index in [1.54, 1.807) is 73.8 Å². The van der Waals surface area contributed by atoms with E-state index in [9.17, 15) is 14.4 Å². The van der Waals surface area contributed by atoms with E-state index in [1.165, 1.54) is 18.9 Å². The molecule has 4 rings (SSSR count). The highest BCUT2D eigenvalue weighted by atomic mass is 32.2. The Morgan fingerprint density at radius 3 is 2.33 bits per heavy atom. The molecule has 0 heterocycles. The van der Waals surface area contributed by atoms with Crippen molar-refractivity contribution in [1.82, 2.24) is 5.32 Å². The number of benzene rings is 4. The number of nitrogens with one attached hydrogen (secondary N) is 3. The molecular weight excluding hydrogens is 586 g/mol. The van der Waals surface area contributed by atoms with Gasteiger partial charge in [0.1, 0.15) is 17.2 Å². The minimum Gasteiger partial charge on any atom is -0.497 e. The molecule has 0 aliphatic heterocycles. The zero-order chi connectivity index (χ0) is 32.3. The van der Waals surface area contributed by atoms with Crippen molar-refractivity contribution in [3.63, 3.8) is 0 Å². The molecule has 0 saturated carbocycles. The van der Waals surface area contributed by atoms with E-state index in [0.29, 0.717) is 28.3 Å². The molecular formula is C36H37N3O5S. The molecule has 0 saturated heterocycles. The van der Waals surface area contributed by atoms with E-state index in [4.69, 9.17) is 9.47 Å². The first-order chi connectivity index (χ1) is 21.7. The number of thioether (sulfide) groups is 1. The Kier molecular flexibility index (Phi) is 11.4. The molecule has 1 atom stereocenters. The Hall–Kier alpha value is -5.02. The molecule has 0 fully saturated rings. The van der Waals surface area contributed by atoms with Crippen LogP contribution in [0.1, 0.15) is 40.9 Å². The topological polar surface area (TPSA) is 106 Å². The van der Waals surface area contributed by atoms with Gasteiger partial charge in [0, 0.05) is 27.4 Å². The highest BCUT2D eigenvalue weighted by Crippen LogP contribution is 2.29. The van der Waals surface area contributed by atoms with Crippen LogP contribution in [0.15, 0.2) is 102 Å². The summed E-state index contributed by atoms with van der Waals surface area (Å²) >= 11 is 1.38. The maximum atomic E-state index is 13.6. The van der Waals surface area contributed by atoms with Crippen LogP contribution in [0.3, 0.4) is 0 Å². The molecule has 0 aliphatic carbocycles. The summed E-state index contributed by atoms with van der Waals surface area (Å²) in [5.41, 5.74) is 4.39. The third kappa shape index (κ3) is 8.77. The van der Waals surface area contributed by atoms with E-state index in [0.717, 1.165) is 28.1 Å². The van der Waals surface area contributed by atoms with Crippen molar-refractivity contribution in [2.24, 2.45) is 0 Å². The summed E-state index contributed by atoms with van der Waals surface area (Å²) in [6.07, 6.45) is 2.35. The van der Waals surface area contributed by atoms with Crippen molar-refractivity contribution in [3.8, 4) is 11.5 Å². The molecule has 45 heavy (non-hydrogen) atoms. The second kappa shape index (κ2) is 15.6. The van der Waals surface area contributed by atoms with E-state index < -0.39 is 17.1 Å². The first-order valence-corrected chi connectivity index (χ1v) is 15.4. The Morgan fingerprint density at radius 1 is 0.867 bits per heavy atom. The average Bonchev–Trinajstić information content (AvgIpc) is 3.05. The van der Waals surface area contributed by atoms with Gasteiger partial charge in [-0.1, -0.05) is 49.4 Å². The molecule has 0 spiro atoms. The fraction of sp³-hybridized carbons (Fsp3) is 0.194. The largest absolute Gasteiger partial charge is 0.497 e. The summed E-state index contributed by atoms with van der Waals surface area (Å²) < 4.78 is 10.8. The maximum absolute atomic E-state index is 13.6. The number of ether oxygens (including phenoxy) is 2. The molecule has 0 aliphatic rings. The minimum atomic E-state index is -0.538. The van der Waals surface area contributed by atoms with Crippen molar-refractivity contribution < 1.29 is 23.9 Å². The fourth-order valence-electron chi connectivity index (χ4n) is 4.58. The molecule has 232 valence electrons. The summed E-state index contributed by atoms with van der Waals surface area (Å²) in [5, 5.41) is 8.31. The molecule has 4 aromatic carbocycles. The fourth-order valence-corrected chi connectivity index (χ4v) is 5.51. The molecule has 1 unspecified atom stereocenters. The zero-order valence-electron chi connectivity index (χ0n) is 26.0. The van der Waals surface area contributed by atoms with Crippen LogP contribution in [-0.4, -0.2) is 37.2 Å². The summed E-state index contributed by atoms with van der Waals surface area (Å²) in [4.78, 5) is 40.6. The van der Waals surface area contributed by atoms with Crippen molar-refractivity contribution in [3.05, 3.63) is 119 Å². The van der Waals surface area contributed by atoms with Gasteiger partial charge in [0.05, 0.1) is 19.5 Å².